The number of aldehydes is 1. The molecule has 0 amide bonds. The highest BCUT2D eigenvalue weighted by Crippen LogP contribution is 2.23. The van der Waals surface area contributed by atoms with E-state index >= 15 is 0 Å². The van der Waals surface area contributed by atoms with E-state index in [1.54, 1.807) is 6.07 Å². The Balaban J connectivity index is 2.08. The molecule has 1 saturated heterocycles. The Morgan fingerprint density at radius 2 is 2.32 bits per heavy atom. The van der Waals surface area contributed by atoms with Crippen molar-refractivity contribution in [3.63, 3.8) is 0 Å². The molecule has 1 unspecified atom stereocenters. The third-order valence-electron chi connectivity index (χ3n) is 3.34. The summed E-state index contributed by atoms with van der Waals surface area (Å²) < 4.78 is 19.2. The third kappa shape index (κ3) is 3.77. The molecule has 104 valence electrons. The number of ether oxygens (including phenoxy) is 1. The number of hydrogen-bond donors (Lipinski definition) is 0. The molecule has 0 N–H and O–H groups in total. The molecule has 0 aromatic heterocycles. The molecule has 1 aromatic carbocycles. The number of rotatable bonds is 5. The summed E-state index contributed by atoms with van der Waals surface area (Å²) in [5, 5.41) is 0. The van der Waals surface area contributed by atoms with E-state index in [0.717, 1.165) is 44.6 Å². The lowest BCUT2D eigenvalue weighted by atomic mass is 10.1. The first-order valence-electron chi connectivity index (χ1n) is 6.85. The summed E-state index contributed by atoms with van der Waals surface area (Å²) >= 11 is 0. The van der Waals surface area contributed by atoms with Gasteiger partial charge in [-0.2, -0.15) is 0 Å². The number of carbonyl (C=O) groups excluding carboxylic acids is 1. The van der Waals surface area contributed by atoms with E-state index in [9.17, 15) is 9.18 Å². The second-order valence-corrected chi connectivity index (χ2v) is 4.94. The minimum atomic E-state index is -0.365. The van der Waals surface area contributed by atoms with Crippen LogP contribution in [0.4, 0.5) is 10.1 Å². The Kier molecular flexibility index (Phi) is 4.91. The zero-order valence-corrected chi connectivity index (χ0v) is 11.3. The minimum absolute atomic E-state index is 0.205. The standard InChI is InChI=1S/C15H20FNO2/c1-2-6-19-15-4-3-5-17(10-15)14-8-12(11-18)7-13(16)9-14/h7-9,11,15H,2-6,10H2,1H3. The second-order valence-electron chi connectivity index (χ2n) is 4.94. The van der Waals surface area contributed by atoms with E-state index in [2.05, 4.69) is 11.8 Å². The molecule has 1 aliphatic rings. The van der Waals surface area contributed by atoms with E-state index in [0.29, 0.717) is 11.8 Å². The molecule has 19 heavy (non-hydrogen) atoms. The van der Waals surface area contributed by atoms with Gasteiger partial charge in [-0.1, -0.05) is 6.92 Å². The third-order valence-corrected chi connectivity index (χ3v) is 3.34. The van der Waals surface area contributed by atoms with E-state index < -0.39 is 0 Å². The molecule has 1 fully saturated rings. The highest BCUT2D eigenvalue weighted by molar-refractivity contribution is 5.77. The second kappa shape index (κ2) is 6.66. The van der Waals surface area contributed by atoms with Gasteiger partial charge in [-0.25, -0.2) is 4.39 Å². The molecule has 1 aliphatic heterocycles. The molecule has 0 radical (unpaired) electrons. The van der Waals surface area contributed by atoms with Crippen LogP contribution in [0.5, 0.6) is 0 Å². The summed E-state index contributed by atoms with van der Waals surface area (Å²) in [7, 11) is 0. The first-order valence-corrected chi connectivity index (χ1v) is 6.85. The largest absolute Gasteiger partial charge is 0.376 e. The smallest absolute Gasteiger partial charge is 0.150 e. The van der Waals surface area contributed by atoms with Gasteiger partial charge in [0.1, 0.15) is 12.1 Å². The van der Waals surface area contributed by atoms with Crippen LogP contribution in [0.3, 0.4) is 0 Å². The fourth-order valence-corrected chi connectivity index (χ4v) is 2.44. The van der Waals surface area contributed by atoms with Crippen LogP contribution in [0.1, 0.15) is 36.5 Å². The van der Waals surface area contributed by atoms with Crippen LogP contribution in [-0.2, 0) is 4.74 Å². The number of halogens is 1. The molecule has 0 saturated carbocycles. The normalized spacial score (nSPS) is 19.5. The van der Waals surface area contributed by atoms with Crippen molar-refractivity contribution in [3.8, 4) is 0 Å². The van der Waals surface area contributed by atoms with Crippen LogP contribution >= 0.6 is 0 Å². The Hall–Kier alpha value is -1.42. The van der Waals surface area contributed by atoms with Gasteiger partial charge in [-0.15, -0.1) is 0 Å². The lowest BCUT2D eigenvalue weighted by Crippen LogP contribution is -2.40. The fraction of sp³-hybridized carbons (Fsp3) is 0.533. The summed E-state index contributed by atoms with van der Waals surface area (Å²) in [5.41, 5.74) is 1.15. The Labute approximate surface area is 113 Å². The summed E-state index contributed by atoms with van der Waals surface area (Å²) in [4.78, 5) is 12.9. The average Bonchev–Trinajstić information content (AvgIpc) is 2.44. The Bertz CT molecular complexity index is 436. The molecular weight excluding hydrogens is 245 g/mol. The van der Waals surface area contributed by atoms with Crippen LogP contribution < -0.4 is 4.90 Å². The first-order chi connectivity index (χ1) is 9.22. The average molecular weight is 265 g/mol. The molecule has 2 rings (SSSR count). The van der Waals surface area contributed by atoms with E-state index in [1.165, 1.54) is 12.1 Å². The van der Waals surface area contributed by atoms with Crippen LogP contribution in [0.2, 0.25) is 0 Å². The number of anilines is 1. The van der Waals surface area contributed by atoms with Crippen LogP contribution in [-0.4, -0.2) is 32.1 Å². The van der Waals surface area contributed by atoms with Crippen molar-refractivity contribution in [2.24, 2.45) is 0 Å². The maximum Gasteiger partial charge on any atom is 0.150 e. The maximum atomic E-state index is 13.5. The van der Waals surface area contributed by atoms with Crippen molar-refractivity contribution in [2.45, 2.75) is 32.3 Å². The van der Waals surface area contributed by atoms with Gasteiger partial charge in [0.2, 0.25) is 0 Å². The number of piperidine rings is 1. The predicted octanol–water partition coefficient (Wildman–Crippen LogP) is 3.03. The van der Waals surface area contributed by atoms with Gasteiger partial charge in [0.15, 0.2) is 0 Å². The molecule has 0 bridgehead atoms. The molecule has 1 aromatic rings. The van der Waals surface area contributed by atoms with Gasteiger partial charge in [0, 0.05) is 30.9 Å². The van der Waals surface area contributed by atoms with Crippen LogP contribution in [0.25, 0.3) is 0 Å². The topological polar surface area (TPSA) is 29.5 Å². The Morgan fingerprint density at radius 1 is 1.47 bits per heavy atom. The summed E-state index contributed by atoms with van der Waals surface area (Å²) in [6.07, 6.45) is 3.97. The van der Waals surface area contributed by atoms with Crippen LogP contribution in [0.15, 0.2) is 18.2 Å². The lowest BCUT2D eigenvalue weighted by molar-refractivity contribution is 0.0440. The van der Waals surface area contributed by atoms with Crippen molar-refractivity contribution < 1.29 is 13.9 Å². The molecule has 0 spiro atoms. The van der Waals surface area contributed by atoms with Gasteiger partial charge >= 0.3 is 0 Å². The van der Waals surface area contributed by atoms with Gasteiger partial charge in [0.05, 0.1) is 6.10 Å². The zero-order chi connectivity index (χ0) is 13.7. The maximum absolute atomic E-state index is 13.5. The predicted molar refractivity (Wildman–Crippen MR) is 73.3 cm³/mol. The summed E-state index contributed by atoms with van der Waals surface area (Å²) in [6, 6.07) is 4.47. The lowest BCUT2D eigenvalue weighted by Gasteiger charge is -2.34. The number of benzene rings is 1. The highest BCUT2D eigenvalue weighted by atomic mass is 19.1. The van der Waals surface area contributed by atoms with E-state index in [1.807, 2.05) is 0 Å². The summed E-state index contributed by atoms with van der Waals surface area (Å²) in [5.74, 6) is -0.365. The van der Waals surface area contributed by atoms with Crippen molar-refractivity contribution >= 4 is 12.0 Å². The zero-order valence-electron chi connectivity index (χ0n) is 11.3. The highest BCUT2D eigenvalue weighted by Gasteiger charge is 2.21. The molecular formula is C15H20FNO2. The van der Waals surface area contributed by atoms with Crippen molar-refractivity contribution in [3.05, 3.63) is 29.6 Å². The van der Waals surface area contributed by atoms with Gasteiger partial charge < -0.3 is 9.64 Å². The van der Waals surface area contributed by atoms with E-state index in [-0.39, 0.29) is 11.9 Å². The monoisotopic (exact) mass is 265 g/mol. The number of carbonyl (C=O) groups is 1. The fourth-order valence-electron chi connectivity index (χ4n) is 2.44. The number of hydrogen-bond acceptors (Lipinski definition) is 3. The molecule has 1 heterocycles. The molecule has 4 heteroatoms. The van der Waals surface area contributed by atoms with E-state index in [4.69, 9.17) is 4.74 Å². The first kappa shape index (κ1) is 14.0. The van der Waals surface area contributed by atoms with Gasteiger partial charge in [-0.05, 0) is 37.5 Å². The van der Waals surface area contributed by atoms with Gasteiger partial charge in [-0.3, -0.25) is 4.79 Å². The van der Waals surface area contributed by atoms with Crippen molar-refractivity contribution in [1.82, 2.24) is 0 Å². The molecule has 1 atom stereocenters. The van der Waals surface area contributed by atoms with Crippen LogP contribution in [0, 0.1) is 5.82 Å². The molecule has 3 nitrogen and oxygen atoms in total. The summed E-state index contributed by atoms with van der Waals surface area (Å²) in [6.45, 7) is 4.50. The number of nitrogens with zero attached hydrogens (tertiary/aromatic N) is 1. The Morgan fingerprint density at radius 3 is 3.05 bits per heavy atom. The van der Waals surface area contributed by atoms with Gasteiger partial charge in [0.25, 0.3) is 0 Å². The van der Waals surface area contributed by atoms with Crippen molar-refractivity contribution in [2.75, 3.05) is 24.6 Å². The SMILES string of the molecule is CCCOC1CCCN(c2cc(F)cc(C=O)c2)C1. The molecule has 0 aliphatic carbocycles. The quantitative estimate of drug-likeness (QED) is 0.766. The van der Waals surface area contributed by atoms with Crippen molar-refractivity contribution in [1.29, 1.82) is 0 Å². The minimum Gasteiger partial charge on any atom is -0.376 e.